The SMILES string of the molecule is COc1ccc(C(N)CSc2nnc(C)o2)cc1OC. The van der Waals surface area contributed by atoms with Gasteiger partial charge in [0, 0.05) is 18.7 Å². The number of ether oxygens (including phenoxy) is 2. The van der Waals surface area contributed by atoms with E-state index in [4.69, 9.17) is 19.6 Å². The van der Waals surface area contributed by atoms with Crippen LogP contribution < -0.4 is 15.2 Å². The van der Waals surface area contributed by atoms with Crippen LogP contribution in [-0.2, 0) is 0 Å². The van der Waals surface area contributed by atoms with Gasteiger partial charge in [-0.25, -0.2) is 0 Å². The molecule has 0 fully saturated rings. The Morgan fingerprint density at radius 2 is 2.00 bits per heavy atom. The molecule has 0 amide bonds. The van der Waals surface area contributed by atoms with Crippen molar-refractivity contribution in [1.29, 1.82) is 0 Å². The van der Waals surface area contributed by atoms with Gasteiger partial charge in [0.25, 0.3) is 5.22 Å². The number of hydrogen-bond acceptors (Lipinski definition) is 7. The van der Waals surface area contributed by atoms with Crippen LogP contribution in [0.25, 0.3) is 0 Å². The molecule has 108 valence electrons. The zero-order chi connectivity index (χ0) is 14.5. The topological polar surface area (TPSA) is 83.4 Å². The van der Waals surface area contributed by atoms with Gasteiger partial charge in [-0.1, -0.05) is 17.8 Å². The average Bonchev–Trinajstić information content (AvgIpc) is 2.89. The molecular weight excluding hydrogens is 278 g/mol. The molecule has 1 atom stereocenters. The molecule has 1 heterocycles. The number of aryl methyl sites for hydroxylation is 1. The predicted octanol–water partition coefficient (Wildman–Crippen LogP) is 2.19. The number of benzene rings is 1. The molecule has 2 rings (SSSR count). The number of nitrogens with zero attached hydrogens (tertiary/aromatic N) is 2. The molecule has 1 unspecified atom stereocenters. The maximum absolute atomic E-state index is 6.16. The van der Waals surface area contributed by atoms with Crippen LogP contribution in [0.15, 0.2) is 27.8 Å². The lowest BCUT2D eigenvalue weighted by molar-refractivity contribution is 0.354. The lowest BCUT2D eigenvalue weighted by atomic mass is 10.1. The average molecular weight is 295 g/mol. The van der Waals surface area contributed by atoms with E-state index in [0.29, 0.717) is 28.4 Å². The van der Waals surface area contributed by atoms with Crippen molar-refractivity contribution >= 4 is 11.8 Å². The third kappa shape index (κ3) is 3.43. The Morgan fingerprint density at radius 3 is 2.60 bits per heavy atom. The molecule has 1 aromatic heterocycles. The van der Waals surface area contributed by atoms with E-state index in [1.165, 1.54) is 11.8 Å². The van der Waals surface area contributed by atoms with Crippen LogP contribution in [0.5, 0.6) is 11.5 Å². The summed E-state index contributed by atoms with van der Waals surface area (Å²) >= 11 is 1.43. The fourth-order valence-electron chi connectivity index (χ4n) is 1.68. The van der Waals surface area contributed by atoms with E-state index in [2.05, 4.69) is 10.2 Å². The van der Waals surface area contributed by atoms with Gasteiger partial charge in [0.05, 0.1) is 14.2 Å². The minimum atomic E-state index is -0.160. The summed E-state index contributed by atoms with van der Waals surface area (Å²) in [6.07, 6.45) is 0. The molecule has 20 heavy (non-hydrogen) atoms. The summed E-state index contributed by atoms with van der Waals surface area (Å²) in [5.41, 5.74) is 7.12. The van der Waals surface area contributed by atoms with Crippen LogP contribution in [-0.4, -0.2) is 30.2 Å². The molecule has 0 aliphatic heterocycles. The Labute approximate surface area is 121 Å². The maximum Gasteiger partial charge on any atom is 0.276 e. The highest BCUT2D eigenvalue weighted by Gasteiger charge is 2.13. The Kier molecular flexibility index (Phi) is 4.86. The van der Waals surface area contributed by atoms with Crippen molar-refractivity contribution < 1.29 is 13.9 Å². The van der Waals surface area contributed by atoms with Crippen LogP contribution in [0, 0.1) is 6.92 Å². The summed E-state index contributed by atoms with van der Waals surface area (Å²) in [5, 5.41) is 8.22. The maximum atomic E-state index is 6.16. The first kappa shape index (κ1) is 14.7. The van der Waals surface area contributed by atoms with Crippen molar-refractivity contribution in [3.63, 3.8) is 0 Å². The normalized spacial score (nSPS) is 12.2. The zero-order valence-corrected chi connectivity index (χ0v) is 12.4. The second kappa shape index (κ2) is 6.62. The van der Waals surface area contributed by atoms with Gasteiger partial charge in [-0.15, -0.1) is 10.2 Å². The van der Waals surface area contributed by atoms with Crippen molar-refractivity contribution in [2.45, 2.75) is 18.2 Å². The molecule has 2 aromatic rings. The molecule has 2 N–H and O–H groups in total. The van der Waals surface area contributed by atoms with Crippen molar-refractivity contribution in [2.24, 2.45) is 5.73 Å². The minimum absolute atomic E-state index is 0.160. The van der Waals surface area contributed by atoms with Crippen LogP contribution in [0.2, 0.25) is 0 Å². The van der Waals surface area contributed by atoms with E-state index in [-0.39, 0.29) is 6.04 Å². The Morgan fingerprint density at radius 1 is 1.25 bits per heavy atom. The van der Waals surface area contributed by atoms with Crippen LogP contribution in [0.4, 0.5) is 0 Å². The van der Waals surface area contributed by atoms with E-state index in [0.717, 1.165) is 5.56 Å². The van der Waals surface area contributed by atoms with Crippen molar-refractivity contribution in [3.8, 4) is 11.5 Å². The molecule has 0 radical (unpaired) electrons. The van der Waals surface area contributed by atoms with Gasteiger partial charge in [0.1, 0.15) is 0 Å². The smallest absolute Gasteiger partial charge is 0.276 e. The molecule has 6 nitrogen and oxygen atoms in total. The molecule has 0 aliphatic carbocycles. The van der Waals surface area contributed by atoms with Gasteiger partial charge >= 0.3 is 0 Å². The summed E-state index contributed by atoms with van der Waals surface area (Å²) < 4.78 is 15.8. The summed E-state index contributed by atoms with van der Waals surface area (Å²) in [6, 6.07) is 5.48. The number of methoxy groups -OCH3 is 2. The Balaban J connectivity index is 2.03. The molecule has 0 saturated heterocycles. The van der Waals surface area contributed by atoms with Crippen LogP contribution in [0.1, 0.15) is 17.5 Å². The standard InChI is InChI=1S/C13H17N3O3S/c1-8-15-16-13(19-8)20-7-10(14)9-4-5-11(17-2)12(6-9)18-3/h4-6,10H,7,14H2,1-3H3. The number of thioether (sulfide) groups is 1. The summed E-state index contributed by atoms with van der Waals surface area (Å²) in [6.45, 7) is 1.76. The summed E-state index contributed by atoms with van der Waals surface area (Å²) in [7, 11) is 3.20. The Bertz CT molecular complexity index is 574. The van der Waals surface area contributed by atoms with Gasteiger partial charge in [0.2, 0.25) is 5.89 Å². The van der Waals surface area contributed by atoms with E-state index in [9.17, 15) is 0 Å². The zero-order valence-electron chi connectivity index (χ0n) is 11.6. The quantitative estimate of drug-likeness (QED) is 0.818. The monoisotopic (exact) mass is 295 g/mol. The molecule has 1 aromatic carbocycles. The number of nitrogens with two attached hydrogens (primary N) is 1. The fourth-order valence-corrected chi connectivity index (χ4v) is 2.47. The summed E-state index contributed by atoms with van der Waals surface area (Å²) in [5.74, 6) is 2.53. The second-order valence-corrected chi connectivity index (χ2v) is 5.09. The van der Waals surface area contributed by atoms with Gasteiger partial charge in [-0.3, -0.25) is 0 Å². The highest BCUT2D eigenvalue weighted by atomic mass is 32.2. The minimum Gasteiger partial charge on any atom is -0.493 e. The van der Waals surface area contributed by atoms with E-state index < -0.39 is 0 Å². The van der Waals surface area contributed by atoms with Crippen molar-refractivity contribution in [2.75, 3.05) is 20.0 Å². The lowest BCUT2D eigenvalue weighted by Gasteiger charge is -2.13. The molecular formula is C13H17N3O3S. The number of aromatic nitrogens is 2. The van der Waals surface area contributed by atoms with Crippen molar-refractivity contribution in [1.82, 2.24) is 10.2 Å². The lowest BCUT2D eigenvalue weighted by Crippen LogP contribution is -2.13. The summed E-state index contributed by atoms with van der Waals surface area (Å²) in [4.78, 5) is 0. The van der Waals surface area contributed by atoms with E-state index >= 15 is 0 Å². The highest BCUT2D eigenvalue weighted by molar-refractivity contribution is 7.99. The predicted molar refractivity (Wildman–Crippen MR) is 76.2 cm³/mol. The number of hydrogen-bond donors (Lipinski definition) is 1. The molecule has 0 spiro atoms. The van der Waals surface area contributed by atoms with E-state index in [1.54, 1.807) is 21.1 Å². The first-order valence-electron chi connectivity index (χ1n) is 6.04. The first-order chi connectivity index (χ1) is 9.63. The largest absolute Gasteiger partial charge is 0.493 e. The third-order valence-corrected chi connectivity index (χ3v) is 3.67. The van der Waals surface area contributed by atoms with Crippen molar-refractivity contribution in [3.05, 3.63) is 29.7 Å². The van der Waals surface area contributed by atoms with E-state index in [1.807, 2.05) is 18.2 Å². The van der Waals surface area contributed by atoms with Gasteiger partial charge in [0.15, 0.2) is 11.5 Å². The first-order valence-corrected chi connectivity index (χ1v) is 7.03. The number of rotatable bonds is 6. The molecule has 7 heteroatoms. The molecule has 0 saturated carbocycles. The van der Waals surface area contributed by atoms with Gasteiger partial charge in [-0.05, 0) is 17.7 Å². The van der Waals surface area contributed by atoms with Gasteiger partial charge < -0.3 is 19.6 Å². The highest BCUT2D eigenvalue weighted by Crippen LogP contribution is 2.31. The van der Waals surface area contributed by atoms with Crippen LogP contribution in [0.3, 0.4) is 0 Å². The molecule has 0 aliphatic rings. The van der Waals surface area contributed by atoms with Crippen LogP contribution >= 0.6 is 11.8 Å². The molecule has 0 bridgehead atoms. The fraction of sp³-hybridized carbons (Fsp3) is 0.385. The second-order valence-electron chi connectivity index (χ2n) is 4.12. The third-order valence-electron chi connectivity index (χ3n) is 2.73. The Hall–Kier alpha value is -1.73. The van der Waals surface area contributed by atoms with Gasteiger partial charge in [-0.2, -0.15) is 0 Å².